The van der Waals surface area contributed by atoms with Crippen LogP contribution in [-0.4, -0.2) is 13.4 Å². The van der Waals surface area contributed by atoms with Gasteiger partial charge in [0.2, 0.25) is 0 Å². The highest BCUT2D eigenvalue weighted by molar-refractivity contribution is 5.72. The van der Waals surface area contributed by atoms with Gasteiger partial charge in [-0.2, -0.15) is 13.2 Å². The van der Waals surface area contributed by atoms with Gasteiger partial charge in [0.1, 0.15) is 12.0 Å². The molecule has 2 aromatic carbocycles. The van der Waals surface area contributed by atoms with Gasteiger partial charge in [-0.1, -0.05) is 43.3 Å². The molecule has 27 heavy (non-hydrogen) atoms. The highest BCUT2D eigenvalue weighted by Gasteiger charge is 2.34. The fourth-order valence-corrected chi connectivity index (χ4v) is 2.71. The minimum Gasteiger partial charge on any atom is -0.497 e. The fraction of sp³-hybridized carbons (Fsp3) is 0.286. The summed E-state index contributed by atoms with van der Waals surface area (Å²) in [5, 5.41) is 2.99. The Morgan fingerprint density at radius 1 is 1.19 bits per heavy atom. The smallest absolute Gasteiger partial charge is 0.418 e. The van der Waals surface area contributed by atoms with Crippen molar-refractivity contribution in [2.24, 2.45) is 0 Å². The number of carbonyl (C=O) groups excluding carboxylic acids is 1. The van der Waals surface area contributed by atoms with Crippen LogP contribution < -0.4 is 10.1 Å². The third kappa shape index (κ3) is 5.61. The largest absolute Gasteiger partial charge is 0.497 e. The van der Waals surface area contributed by atoms with E-state index in [0.717, 1.165) is 17.9 Å². The van der Waals surface area contributed by atoms with Crippen LogP contribution in [0.4, 0.5) is 18.9 Å². The van der Waals surface area contributed by atoms with Crippen molar-refractivity contribution in [2.75, 3.05) is 12.4 Å². The fourth-order valence-electron chi connectivity index (χ4n) is 2.71. The normalized spacial score (nSPS) is 13.1. The van der Waals surface area contributed by atoms with Crippen LogP contribution in [0.1, 0.15) is 36.9 Å². The minimum atomic E-state index is -4.52. The van der Waals surface area contributed by atoms with Crippen molar-refractivity contribution >= 4 is 12.0 Å². The van der Waals surface area contributed by atoms with Crippen molar-refractivity contribution < 1.29 is 22.7 Å². The maximum Gasteiger partial charge on any atom is 0.418 e. The number of nitrogens with one attached hydrogen (secondary N) is 1. The lowest BCUT2D eigenvalue weighted by Crippen LogP contribution is -2.15. The first-order valence-corrected chi connectivity index (χ1v) is 8.60. The molecule has 2 rings (SSSR count). The SMILES string of the molecule is CC/C(C=O)=C\CC(Nc1ccc(OC)cc1C(F)(F)F)c1ccccc1. The summed E-state index contributed by atoms with van der Waals surface area (Å²) in [5.74, 6) is 0.137. The molecule has 1 unspecified atom stereocenters. The molecule has 2 aromatic rings. The van der Waals surface area contributed by atoms with Gasteiger partial charge in [-0.05, 0) is 42.2 Å². The van der Waals surface area contributed by atoms with Crippen molar-refractivity contribution in [3.05, 3.63) is 71.3 Å². The highest BCUT2D eigenvalue weighted by Crippen LogP contribution is 2.39. The van der Waals surface area contributed by atoms with E-state index < -0.39 is 17.8 Å². The molecule has 0 amide bonds. The first kappa shape index (κ1) is 20.6. The Bertz CT molecular complexity index is 786. The summed E-state index contributed by atoms with van der Waals surface area (Å²) in [6.07, 6.45) is -1.03. The molecule has 0 saturated carbocycles. The molecular weight excluding hydrogens is 355 g/mol. The number of benzene rings is 2. The van der Waals surface area contributed by atoms with Gasteiger partial charge in [0.15, 0.2) is 0 Å². The van der Waals surface area contributed by atoms with Crippen molar-refractivity contribution in [2.45, 2.75) is 32.0 Å². The third-order valence-electron chi connectivity index (χ3n) is 4.24. The molecule has 6 heteroatoms. The molecule has 0 aliphatic heterocycles. The van der Waals surface area contributed by atoms with Gasteiger partial charge in [-0.25, -0.2) is 0 Å². The van der Waals surface area contributed by atoms with E-state index in [1.54, 1.807) is 6.08 Å². The number of hydrogen-bond donors (Lipinski definition) is 1. The number of carbonyl (C=O) groups is 1. The van der Waals surface area contributed by atoms with E-state index >= 15 is 0 Å². The molecule has 0 fully saturated rings. The van der Waals surface area contributed by atoms with Crippen LogP contribution >= 0.6 is 0 Å². The molecule has 0 spiro atoms. The summed E-state index contributed by atoms with van der Waals surface area (Å²) in [6, 6.07) is 12.6. The van der Waals surface area contributed by atoms with Gasteiger partial charge >= 0.3 is 6.18 Å². The minimum absolute atomic E-state index is 0.0327. The maximum absolute atomic E-state index is 13.5. The van der Waals surface area contributed by atoms with Crippen LogP contribution in [0.3, 0.4) is 0 Å². The molecule has 0 bridgehead atoms. The van der Waals surface area contributed by atoms with Gasteiger partial charge < -0.3 is 10.1 Å². The second-order valence-corrected chi connectivity index (χ2v) is 6.00. The molecule has 0 aromatic heterocycles. The number of methoxy groups -OCH3 is 1. The molecular formula is C21H22F3NO2. The van der Waals surface area contributed by atoms with E-state index in [1.165, 1.54) is 19.2 Å². The van der Waals surface area contributed by atoms with E-state index in [2.05, 4.69) is 5.32 Å². The Hall–Kier alpha value is -2.76. The number of aldehydes is 1. The maximum atomic E-state index is 13.5. The van der Waals surface area contributed by atoms with Crippen LogP contribution in [0.15, 0.2) is 60.2 Å². The Labute approximate surface area is 156 Å². The van der Waals surface area contributed by atoms with Crippen molar-refractivity contribution in [3.63, 3.8) is 0 Å². The standard InChI is InChI=1S/C21H22F3NO2/c1-3-15(14-26)9-11-19(16-7-5-4-6-8-16)25-20-12-10-17(27-2)13-18(20)21(22,23)24/h4-10,12-14,19,25H,3,11H2,1-2H3/b15-9+. The van der Waals surface area contributed by atoms with Crippen LogP contribution in [-0.2, 0) is 11.0 Å². The third-order valence-corrected chi connectivity index (χ3v) is 4.24. The predicted molar refractivity (Wildman–Crippen MR) is 99.9 cm³/mol. The number of ether oxygens (including phenoxy) is 1. The summed E-state index contributed by atoms with van der Waals surface area (Å²) in [7, 11) is 1.33. The Kier molecular flexibility index (Phi) is 7.05. The van der Waals surface area contributed by atoms with E-state index in [9.17, 15) is 18.0 Å². The summed E-state index contributed by atoms with van der Waals surface area (Å²) >= 11 is 0. The van der Waals surface area contributed by atoms with E-state index in [0.29, 0.717) is 18.4 Å². The Morgan fingerprint density at radius 2 is 1.89 bits per heavy atom. The number of anilines is 1. The average Bonchev–Trinajstić information content (AvgIpc) is 2.67. The van der Waals surface area contributed by atoms with Crippen molar-refractivity contribution in [1.82, 2.24) is 0 Å². The lowest BCUT2D eigenvalue weighted by molar-refractivity contribution is -0.137. The van der Waals surface area contributed by atoms with Crippen LogP contribution in [0.5, 0.6) is 5.75 Å². The molecule has 144 valence electrons. The van der Waals surface area contributed by atoms with Crippen LogP contribution in [0, 0.1) is 0 Å². The number of alkyl halides is 3. The van der Waals surface area contributed by atoms with E-state index in [4.69, 9.17) is 4.74 Å². The summed E-state index contributed by atoms with van der Waals surface area (Å²) in [6.45, 7) is 1.86. The number of allylic oxidation sites excluding steroid dienone is 1. The Balaban J connectivity index is 2.40. The molecule has 1 atom stereocenters. The monoisotopic (exact) mass is 377 g/mol. The summed E-state index contributed by atoms with van der Waals surface area (Å²) in [4.78, 5) is 11.0. The van der Waals surface area contributed by atoms with Gasteiger partial charge in [-0.3, -0.25) is 4.79 Å². The molecule has 0 aliphatic carbocycles. The van der Waals surface area contributed by atoms with E-state index in [-0.39, 0.29) is 11.4 Å². The number of hydrogen-bond acceptors (Lipinski definition) is 3. The van der Waals surface area contributed by atoms with Crippen molar-refractivity contribution in [3.8, 4) is 5.75 Å². The van der Waals surface area contributed by atoms with Gasteiger partial charge in [-0.15, -0.1) is 0 Å². The average molecular weight is 377 g/mol. The first-order valence-electron chi connectivity index (χ1n) is 8.60. The van der Waals surface area contributed by atoms with Gasteiger partial charge in [0.25, 0.3) is 0 Å². The lowest BCUT2D eigenvalue weighted by atomic mass is 10.0. The topological polar surface area (TPSA) is 38.3 Å². The second-order valence-electron chi connectivity index (χ2n) is 6.00. The molecule has 0 saturated heterocycles. The Morgan fingerprint density at radius 3 is 2.44 bits per heavy atom. The molecule has 0 radical (unpaired) electrons. The molecule has 3 nitrogen and oxygen atoms in total. The zero-order chi connectivity index (χ0) is 19.9. The molecule has 0 aliphatic rings. The van der Waals surface area contributed by atoms with Crippen LogP contribution in [0.2, 0.25) is 0 Å². The second kappa shape index (κ2) is 9.26. The lowest BCUT2D eigenvalue weighted by Gasteiger charge is -2.23. The zero-order valence-electron chi connectivity index (χ0n) is 15.2. The first-order chi connectivity index (χ1) is 12.9. The van der Waals surface area contributed by atoms with Gasteiger partial charge in [0, 0.05) is 5.69 Å². The van der Waals surface area contributed by atoms with Crippen LogP contribution in [0.25, 0.3) is 0 Å². The predicted octanol–water partition coefficient (Wildman–Crippen LogP) is 5.79. The van der Waals surface area contributed by atoms with E-state index in [1.807, 2.05) is 37.3 Å². The quantitative estimate of drug-likeness (QED) is 0.467. The zero-order valence-corrected chi connectivity index (χ0v) is 15.2. The van der Waals surface area contributed by atoms with Crippen molar-refractivity contribution in [1.29, 1.82) is 0 Å². The summed E-state index contributed by atoms with van der Waals surface area (Å²) < 4.78 is 45.4. The van der Waals surface area contributed by atoms with Gasteiger partial charge in [0.05, 0.1) is 18.7 Å². The molecule has 1 N–H and O–H groups in total. The number of halogens is 3. The highest BCUT2D eigenvalue weighted by atomic mass is 19.4. The summed E-state index contributed by atoms with van der Waals surface area (Å²) in [5.41, 5.74) is 0.620. The number of rotatable bonds is 8. The molecule has 0 heterocycles.